The predicted octanol–water partition coefficient (Wildman–Crippen LogP) is 4.64. The summed E-state index contributed by atoms with van der Waals surface area (Å²) in [6.07, 6.45) is 1.79. The number of halogens is 3. The van der Waals surface area contributed by atoms with Crippen LogP contribution in [0.25, 0.3) is 0 Å². The number of nitrogens with zero attached hydrogens (tertiary/aromatic N) is 3. The zero-order valence-corrected chi connectivity index (χ0v) is 19.4. The van der Waals surface area contributed by atoms with Gasteiger partial charge in [0.15, 0.2) is 5.96 Å². The van der Waals surface area contributed by atoms with E-state index in [1.54, 1.807) is 6.07 Å². The van der Waals surface area contributed by atoms with Gasteiger partial charge in [-0.1, -0.05) is 43.1 Å². The van der Waals surface area contributed by atoms with Crippen LogP contribution in [0.1, 0.15) is 49.3 Å². The maximum atomic E-state index is 6.25. The number of hydrogen-bond donors (Lipinski definition) is 2. The van der Waals surface area contributed by atoms with Crippen LogP contribution in [0.2, 0.25) is 10.0 Å². The second-order valence-corrected chi connectivity index (χ2v) is 6.78. The number of aromatic nitrogens is 2. The third-order valence-corrected chi connectivity index (χ3v) is 4.79. The van der Waals surface area contributed by atoms with E-state index in [4.69, 9.17) is 28.9 Å². The van der Waals surface area contributed by atoms with Crippen molar-refractivity contribution in [1.29, 1.82) is 0 Å². The van der Waals surface area contributed by atoms with E-state index < -0.39 is 0 Å². The van der Waals surface area contributed by atoms with E-state index in [9.17, 15) is 0 Å². The highest BCUT2D eigenvalue weighted by atomic mass is 127. The highest BCUT2D eigenvalue weighted by Gasteiger charge is 2.14. The summed E-state index contributed by atoms with van der Waals surface area (Å²) in [7, 11) is 1.97. The second-order valence-electron chi connectivity index (χ2n) is 5.94. The van der Waals surface area contributed by atoms with Crippen molar-refractivity contribution in [2.24, 2.45) is 17.8 Å². The van der Waals surface area contributed by atoms with E-state index in [1.165, 1.54) is 5.69 Å². The zero-order valence-electron chi connectivity index (χ0n) is 15.5. The largest absolute Gasteiger partial charge is 0.370 e. The second kappa shape index (κ2) is 10.4. The third-order valence-electron chi connectivity index (χ3n) is 4.23. The molecule has 0 aliphatic carbocycles. The third kappa shape index (κ3) is 5.50. The molecule has 3 N–H and O–H groups in total. The smallest absolute Gasteiger partial charge is 0.189 e. The van der Waals surface area contributed by atoms with E-state index in [-0.39, 0.29) is 30.0 Å². The van der Waals surface area contributed by atoms with Crippen molar-refractivity contribution in [3.8, 4) is 0 Å². The quantitative estimate of drug-likeness (QED) is 0.338. The Labute approximate surface area is 182 Å². The van der Waals surface area contributed by atoms with E-state index >= 15 is 0 Å². The molecule has 2 rings (SSSR count). The van der Waals surface area contributed by atoms with Crippen LogP contribution in [0.3, 0.4) is 0 Å². The predicted molar refractivity (Wildman–Crippen MR) is 121 cm³/mol. The number of hydrogen-bond acceptors (Lipinski definition) is 2. The van der Waals surface area contributed by atoms with Gasteiger partial charge in [0.1, 0.15) is 0 Å². The van der Waals surface area contributed by atoms with Crippen LogP contribution in [0, 0.1) is 0 Å². The Morgan fingerprint density at radius 1 is 1.31 bits per heavy atom. The van der Waals surface area contributed by atoms with E-state index in [1.807, 2.05) is 30.8 Å². The van der Waals surface area contributed by atoms with Gasteiger partial charge < -0.3 is 11.1 Å². The van der Waals surface area contributed by atoms with Gasteiger partial charge >= 0.3 is 0 Å². The molecule has 144 valence electrons. The van der Waals surface area contributed by atoms with Crippen molar-refractivity contribution >= 4 is 53.1 Å². The van der Waals surface area contributed by atoms with Crippen molar-refractivity contribution in [3.63, 3.8) is 0 Å². The molecule has 1 atom stereocenters. The summed E-state index contributed by atoms with van der Waals surface area (Å²) >= 11 is 12.2. The van der Waals surface area contributed by atoms with Gasteiger partial charge in [-0.15, -0.1) is 24.0 Å². The molecule has 0 saturated carbocycles. The molecular formula is C18H26Cl2IN5. The van der Waals surface area contributed by atoms with Crippen LogP contribution >= 0.6 is 47.2 Å². The minimum Gasteiger partial charge on any atom is -0.370 e. The fourth-order valence-corrected chi connectivity index (χ4v) is 3.51. The van der Waals surface area contributed by atoms with Crippen molar-refractivity contribution in [1.82, 2.24) is 15.1 Å². The summed E-state index contributed by atoms with van der Waals surface area (Å²) in [6, 6.07) is 5.35. The number of rotatable bonds is 6. The number of nitrogens with one attached hydrogen (secondary N) is 1. The molecule has 0 bridgehead atoms. The van der Waals surface area contributed by atoms with Crippen molar-refractivity contribution < 1.29 is 0 Å². The van der Waals surface area contributed by atoms with Gasteiger partial charge in [-0.2, -0.15) is 5.10 Å². The number of aliphatic imine (C=N–C) groups is 1. The molecule has 0 radical (unpaired) electrons. The van der Waals surface area contributed by atoms with Gasteiger partial charge in [0.2, 0.25) is 0 Å². The summed E-state index contributed by atoms with van der Waals surface area (Å²) in [5.41, 5.74) is 10.4. The topological polar surface area (TPSA) is 68.2 Å². The molecule has 0 amide bonds. The van der Waals surface area contributed by atoms with Crippen LogP contribution in [-0.2, 0) is 26.4 Å². The molecule has 2 aromatic rings. The molecule has 0 saturated heterocycles. The summed E-state index contributed by atoms with van der Waals surface area (Å²) in [5.74, 6) is 0.381. The first kappa shape index (κ1) is 23.0. The average molecular weight is 510 g/mol. The van der Waals surface area contributed by atoms with Crippen LogP contribution in [0.15, 0.2) is 23.2 Å². The Morgan fingerprint density at radius 3 is 2.58 bits per heavy atom. The Hall–Kier alpha value is -0.990. The lowest BCUT2D eigenvalue weighted by atomic mass is 10.1. The fourth-order valence-electron chi connectivity index (χ4n) is 2.93. The zero-order chi connectivity index (χ0) is 18.6. The van der Waals surface area contributed by atoms with Crippen molar-refractivity contribution in [2.45, 2.75) is 46.2 Å². The van der Waals surface area contributed by atoms with Gasteiger partial charge in [-0.05, 0) is 37.5 Å². The Morgan fingerprint density at radius 2 is 2.00 bits per heavy atom. The van der Waals surface area contributed by atoms with E-state index in [0.717, 1.165) is 29.7 Å². The molecule has 26 heavy (non-hydrogen) atoms. The normalized spacial score (nSPS) is 12.6. The highest BCUT2D eigenvalue weighted by molar-refractivity contribution is 14.0. The van der Waals surface area contributed by atoms with Gasteiger partial charge in [0.05, 0.1) is 18.3 Å². The highest BCUT2D eigenvalue weighted by Crippen LogP contribution is 2.26. The summed E-state index contributed by atoms with van der Waals surface area (Å²) in [4.78, 5) is 4.50. The summed E-state index contributed by atoms with van der Waals surface area (Å²) in [6.45, 7) is 6.72. The van der Waals surface area contributed by atoms with E-state index in [0.29, 0.717) is 22.5 Å². The lowest BCUT2D eigenvalue weighted by Gasteiger charge is -2.16. The Bertz CT molecular complexity index is 773. The van der Waals surface area contributed by atoms with Gasteiger partial charge in [-0.3, -0.25) is 4.68 Å². The number of guanidine groups is 1. The molecule has 0 fully saturated rings. The van der Waals surface area contributed by atoms with Crippen LogP contribution in [0.4, 0.5) is 0 Å². The molecule has 8 heteroatoms. The minimum absolute atomic E-state index is 0. The molecule has 0 spiro atoms. The number of aryl methyl sites for hydroxylation is 2. The minimum atomic E-state index is -0.0706. The van der Waals surface area contributed by atoms with Gasteiger partial charge in [0, 0.05) is 28.4 Å². The molecule has 0 aliphatic rings. The SMILES string of the molecule is CCc1nn(C)c(CC)c1CN=C(N)NC(C)c1ccc(Cl)cc1Cl.I. The first-order chi connectivity index (χ1) is 11.9. The first-order valence-corrected chi connectivity index (χ1v) is 9.17. The maximum Gasteiger partial charge on any atom is 0.189 e. The molecule has 1 unspecified atom stereocenters. The number of nitrogens with two attached hydrogens (primary N) is 1. The Balaban J connectivity index is 0.00000338. The van der Waals surface area contributed by atoms with Crippen molar-refractivity contribution in [2.75, 3.05) is 0 Å². The lowest BCUT2D eigenvalue weighted by molar-refractivity contribution is 0.701. The Kier molecular flexibility index (Phi) is 9.19. The summed E-state index contributed by atoms with van der Waals surface area (Å²) < 4.78 is 1.93. The fraction of sp³-hybridized carbons (Fsp3) is 0.444. The lowest BCUT2D eigenvalue weighted by Crippen LogP contribution is -2.34. The molecule has 1 aromatic heterocycles. The molecule has 5 nitrogen and oxygen atoms in total. The van der Waals surface area contributed by atoms with Gasteiger partial charge in [-0.25, -0.2) is 4.99 Å². The van der Waals surface area contributed by atoms with Crippen LogP contribution < -0.4 is 11.1 Å². The molecular weight excluding hydrogens is 484 g/mol. The van der Waals surface area contributed by atoms with Crippen LogP contribution in [0.5, 0.6) is 0 Å². The van der Waals surface area contributed by atoms with Crippen LogP contribution in [-0.4, -0.2) is 15.7 Å². The first-order valence-electron chi connectivity index (χ1n) is 8.42. The molecule has 1 aromatic carbocycles. The molecule has 0 aliphatic heterocycles. The molecule has 1 heterocycles. The monoisotopic (exact) mass is 509 g/mol. The number of benzene rings is 1. The van der Waals surface area contributed by atoms with E-state index in [2.05, 4.69) is 29.3 Å². The van der Waals surface area contributed by atoms with Gasteiger partial charge in [0.25, 0.3) is 0 Å². The maximum absolute atomic E-state index is 6.25. The standard InChI is InChI=1S/C18H25Cl2N5.HI/c1-5-16-14(17(6-2)25(4)24-16)10-22-18(21)23-11(3)13-8-7-12(19)9-15(13)20;/h7-9,11H,5-6,10H2,1-4H3,(H3,21,22,23);1H. The average Bonchev–Trinajstić information content (AvgIpc) is 2.87. The van der Waals surface area contributed by atoms with Crippen molar-refractivity contribution in [3.05, 3.63) is 50.8 Å². The summed E-state index contributed by atoms with van der Waals surface area (Å²) in [5, 5.41) is 8.96.